The Bertz CT molecular complexity index is 1520. The minimum absolute atomic E-state index is 0.00685. The quantitative estimate of drug-likeness (QED) is 0.420. The smallest absolute Gasteiger partial charge is 0.291 e. The normalized spacial score (nSPS) is 15.0. The highest BCUT2D eigenvalue weighted by atomic mass is 19.1. The molecule has 6 nitrogen and oxygen atoms in total. The predicted octanol–water partition coefficient (Wildman–Crippen LogP) is 5.40. The fourth-order valence-corrected chi connectivity index (χ4v) is 4.74. The number of halogens is 1. The van der Waals surface area contributed by atoms with Crippen molar-refractivity contribution in [1.29, 1.82) is 0 Å². The van der Waals surface area contributed by atoms with Gasteiger partial charge in [-0.05, 0) is 73.4 Å². The zero-order valence-electron chi connectivity index (χ0n) is 19.6. The summed E-state index contributed by atoms with van der Waals surface area (Å²) in [6.07, 6.45) is 0. The molecule has 2 heterocycles. The molecule has 0 unspecified atom stereocenters. The van der Waals surface area contributed by atoms with Crippen LogP contribution in [0, 0.1) is 19.7 Å². The van der Waals surface area contributed by atoms with Crippen molar-refractivity contribution in [3.8, 4) is 11.5 Å². The van der Waals surface area contributed by atoms with Crippen molar-refractivity contribution in [2.75, 3.05) is 6.61 Å². The summed E-state index contributed by atoms with van der Waals surface area (Å²) >= 11 is 0. The van der Waals surface area contributed by atoms with E-state index in [0.29, 0.717) is 28.7 Å². The topological polar surface area (TPSA) is 80.0 Å². The Morgan fingerprint density at radius 1 is 1.06 bits per heavy atom. The molecule has 0 radical (unpaired) electrons. The zero-order chi connectivity index (χ0) is 24.9. The van der Waals surface area contributed by atoms with Gasteiger partial charge in [0.2, 0.25) is 5.76 Å². The Morgan fingerprint density at radius 2 is 1.80 bits per heavy atom. The van der Waals surface area contributed by atoms with Gasteiger partial charge in [-0.1, -0.05) is 24.3 Å². The van der Waals surface area contributed by atoms with Gasteiger partial charge in [-0.25, -0.2) is 4.39 Å². The van der Waals surface area contributed by atoms with Crippen molar-refractivity contribution in [1.82, 2.24) is 4.90 Å². The van der Waals surface area contributed by atoms with E-state index in [4.69, 9.17) is 9.15 Å². The SMILES string of the molecule is CCOc1cc([C@@H]2c3c(oc4c(C)cc(C)cc4c3=O)C(=O)N2Cc2ccc(F)cc2)ccc1O. The third-order valence-electron chi connectivity index (χ3n) is 6.26. The number of carbonyl (C=O) groups is 1. The molecule has 7 heteroatoms. The summed E-state index contributed by atoms with van der Waals surface area (Å²) in [4.78, 5) is 29.0. The van der Waals surface area contributed by atoms with Gasteiger partial charge >= 0.3 is 0 Å². The van der Waals surface area contributed by atoms with E-state index in [-0.39, 0.29) is 40.6 Å². The fourth-order valence-electron chi connectivity index (χ4n) is 4.74. The lowest BCUT2D eigenvalue weighted by Crippen LogP contribution is -2.29. The molecule has 0 saturated carbocycles. The first kappa shape index (κ1) is 22.7. The fraction of sp³-hybridized carbons (Fsp3) is 0.214. The van der Waals surface area contributed by atoms with Crippen LogP contribution in [0.4, 0.5) is 4.39 Å². The first-order valence-corrected chi connectivity index (χ1v) is 11.4. The number of aromatic hydroxyl groups is 1. The molecule has 35 heavy (non-hydrogen) atoms. The number of nitrogens with zero attached hydrogens (tertiary/aromatic N) is 1. The number of amides is 1. The van der Waals surface area contributed by atoms with Crippen LogP contribution < -0.4 is 10.2 Å². The number of phenols is 1. The maximum Gasteiger partial charge on any atom is 0.291 e. The van der Waals surface area contributed by atoms with Crippen LogP contribution in [0.1, 0.15) is 51.3 Å². The number of ether oxygens (including phenoxy) is 1. The highest BCUT2D eigenvalue weighted by Gasteiger charge is 2.43. The zero-order valence-corrected chi connectivity index (χ0v) is 19.6. The Kier molecular flexibility index (Phi) is 5.55. The van der Waals surface area contributed by atoms with Crippen molar-refractivity contribution in [2.24, 2.45) is 0 Å². The van der Waals surface area contributed by atoms with Gasteiger partial charge in [-0.3, -0.25) is 9.59 Å². The molecule has 178 valence electrons. The molecule has 1 aliphatic heterocycles. The molecule has 3 aromatic carbocycles. The molecule has 0 saturated heterocycles. The Balaban J connectivity index is 1.74. The summed E-state index contributed by atoms with van der Waals surface area (Å²) in [7, 11) is 0. The number of phenolic OH excluding ortho intramolecular Hbond substituents is 1. The van der Waals surface area contributed by atoms with E-state index in [2.05, 4.69) is 0 Å². The number of aryl methyl sites for hydroxylation is 2. The summed E-state index contributed by atoms with van der Waals surface area (Å²) < 4.78 is 25.1. The first-order chi connectivity index (χ1) is 16.8. The number of fused-ring (bicyclic) bond motifs is 2. The van der Waals surface area contributed by atoms with Gasteiger partial charge in [0.25, 0.3) is 5.91 Å². The van der Waals surface area contributed by atoms with Crippen LogP contribution in [-0.2, 0) is 6.54 Å². The average Bonchev–Trinajstić information content (AvgIpc) is 3.10. The van der Waals surface area contributed by atoms with Crippen LogP contribution in [0.5, 0.6) is 11.5 Å². The molecule has 1 amide bonds. The van der Waals surface area contributed by atoms with Gasteiger partial charge in [0.15, 0.2) is 16.9 Å². The van der Waals surface area contributed by atoms with E-state index in [1.165, 1.54) is 23.1 Å². The third-order valence-corrected chi connectivity index (χ3v) is 6.26. The van der Waals surface area contributed by atoms with Crippen molar-refractivity contribution in [3.63, 3.8) is 0 Å². The molecule has 0 spiro atoms. The van der Waals surface area contributed by atoms with Gasteiger partial charge < -0.3 is 19.2 Å². The highest BCUT2D eigenvalue weighted by molar-refractivity contribution is 5.99. The average molecular weight is 474 g/mol. The van der Waals surface area contributed by atoms with Crippen LogP contribution in [-0.4, -0.2) is 22.5 Å². The van der Waals surface area contributed by atoms with Crippen LogP contribution in [0.25, 0.3) is 11.0 Å². The number of hydrogen-bond donors (Lipinski definition) is 1. The number of rotatable bonds is 5. The van der Waals surface area contributed by atoms with Crippen LogP contribution in [0.3, 0.4) is 0 Å². The summed E-state index contributed by atoms with van der Waals surface area (Å²) in [5, 5.41) is 10.6. The van der Waals surface area contributed by atoms with Crippen molar-refractivity contribution in [2.45, 2.75) is 33.4 Å². The summed E-state index contributed by atoms with van der Waals surface area (Å²) in [6, 6.07) is 13.5. The van der Waals surface area contributed by atoms with Crippen LogP contribution in [0.2, 0.25) is 0 Å². The Labute approximate surface area is 201 Å². The van der Waals surface area contributed by atoms with Gasteiger partial charge in [-0.15, -0.1) is 0 Å². The second-order valence-corrected chi connectivity index (χ2v) is 8.75. The second-order valence-electron chi connectivity index (χ2n) is 8.75. The monoisotopic (exact) mass is 473 g/mol. The van der Waals surface area contributed by atoms with E-state index in [9.17, 15) is 19.1 Å². The van der Waals surface area contributed by atoms with E-state index in [0.717, 1.165) is 11.1 Å². The minimum Gasteiger partial charge on any atom is -0.504 e. The molecular formula is C28H24FNO5. The molecule has 1 aliphatic rings. The second kappa shape index (κ2) is 8.58. The van der Waals surface area contributed by atoms with Crippen LogP contribution in [0.15, 0.2) is 63.8 Å². The van der Waals surface area contributed by atoms with Gasteiger partial charge in [0.05, 0.1) is 23.6 Å². The maximum absolute atomic E-state index is 13.8. The summed E-state index contributed by atoms with van der Waals surface area (Å²) in [5.41, 5.74) is 3.32. The van der Waals surface area contributed by atoms with Gasteiger partial charge in [0.1, 0.15) is 11.4 Å². The molecule has 0 fully saturated rings. The largest absolute Gasteiger partial charge is 0.504 e. The molecule has 4 aromatic rings. The van der Waals surface area contributed by atoms with Crippen LogP contribution >= 0.6 is 0 Å². The van der Waals surface area contributed by atoms with Crippen molar-refractivity contribution < 1.29 is 23.4 Å². The third kappa shape index (κ3) is 3.83. The standard InChI is InChI=1S/C28H24FNO5/c1-4-34-22-13-18(7-10-21(22)31)24-23-25(32)20-12-15(2)11-16(3)26(20)35-27(23)28(33)30(24)14-17-5-8-19(29)9-6-17/h5-13,24,31H,4,14H2,1-3H3/t24-/m1/s1. The molecular weight excluding hydrogens is 449 g/mol. The Hall–Kier alpha value is -4.13. The molecule has 1 atom stereocenters. The molecule has 1 aromatic heterocycles. The highest BCUT2D eigenvalue weighted by Crippen LogP contribution is 2.41. The Morgan fingerprint density at radius 3 is 2.51 bits per heavy atom. The molecule has 5 rings (SSSR count). The lowest BCUT2D eigenvalue weighted by atomic mass is 9.97. The first-order valence-electron chi connectivity index (χ1n) is 11.4. The van der Waals surface area contributed by atoms with Crippen molar-refractivity contribution >= 4 is 16.9 Å². The van der Waals surface area contributed by atoms with Gasteiger partial charge in [0, 0.05) is 6.54 Å². The van der Waals surface area contributed by atoms with E-state index in [1.54, 1.807) is 37.3 Å². The predicted molar refractivity (Wildman–Crippen MR) is 129 cm³/mol. The van der Waals surface area contributed by atoms with Crippen molar-refractivity contribution in [3.05, 3.63) is 104 Å². The molecule has 0 bridgehead atoms. The lowest BCUT2D eigenvalue weighted by molar-refractivity contribution is 0.0714. The minimum atomic E-state index is -0.774. The van der Waals surface area contributed by atoms with E-state index in [1.807, 2.05) is 19.9 Å². The number of carbonyl (C=O) groups excluding carboxylic acids is 1. The summed E-state index contributed by atoms with van der Waals surface area (Å²) in [6.45, 7) is 6.00. The molecule has 0 aliphatic carbocycles. The maximum atomic E-state index is 13.8. The van der Waals surface area contributed by atoms with E-state index < -0.39 is 11.9 Å². The number of hydrogen-bond acceptors (Lipinski definition) is 5. The lowest BCUT2D eigenvalue weighted by Gasteiger charge is -2.25. The number of benzene rings is 3. The van der Waals surface area contributed by atoms with Gasteiger partial charge in [-0.2, -0.15) is 0 Å². The summed E-state index contributed by atoms with van der Waals surface area (Å²) in [5.74, 6) is -0.603. The van der Waals surface area contributed by atoms with E-state index >= 15 is 0 Å². The molecule has 1 N–H and O–H groups in total.